The molecule has 0 aliphatic carbocycles. The lowest BCUT2D eigenvalue weighted by Gasteiger charge is -2.24. The molecule has 2 heterocycles. The first-order valence-corrected chi connectivity index (χ1v) is 8.18. The Morgan fingerprint density at radius 1 is 1.35 bits per heavy atom. The summed E-state index contributed by atoms with van der Waals surface area (Å²) in [6.07, 6.45) is 5.20. The van der Waals surface area contributed by atoms with Crippen LogP contribution in [-0.2, 0) is 13.0 Å². The SMILES string of the molecule is CCN1CCCC1CNCc1cccc2c1NCCC2. The van der Waals surface area contributed by atoms with Crippen molar-refractivity contribution in [3.8, 4) is 0 Å². The van der Waals surface area contributed by atoms with Crippen molar-refractivity contribution in [1.29, 1.82) is 0 Å². The number of anilines is 1. The second-order valence-corrected chi connectivity index (χ2v) is 6.04. The monoisotopic (exact) mass is 273 g/mol. The van der Waals surface area contributed by atoms with Gasteiger partial charge in [0.25, 0.3) is 0 Å². The maximum Gasteiger partial charge on any atom is 0.0418 e. The molecule has 0 aromatic heterocycles. The second-order valence-electron chi connectivity index (χ2n) is 6.04. The Kier molecular flexibility index (Phi) is 4.58. The number of hydrogen-bond donors (Lipinski definition) is 2. The van der Waals surface area contributed by atoms with Crippen LogP contribution in [0.5, 0.6) is 0 Å². The van der Waals surface area contributed by atoms with E-state index < -0.39 is 0 Å². The molecule has 0 bridgehead atoms. The first-order chi connectivity index (χ1) is 9.88. The summed E-state index contributed by atoms with van der Waals surface area (Å²) in [5, 5.41) is 7.26. The molecule has 2 N–H and O–H groups in total. The highest BCUT2D eigenvalue weighted by Gasteiger charge is 2.22. The minimum atomic E-state index is 0.743. The Morgan fingerprint density at radius 2 is 2.30 bits per heavy atom. The minimum Gasteiger partial charge on any atom is -0.385 e. The molecule has 110 valence electrons. The molecule has 1 atom stereocenters. The van der Waals surface area contributed by atoms with E-state index in [2.05, 4.69) is 40.7 Å². The van der Waals surface area contributed by atoms with E-state index in [1.807, 2.05) is 0 Å². The van der Waals surface area contributed by atoms with Gasteiger partial charge in [-0.3, -0.25) is 4.90 Å². The first kappa shape index (κ1) is 13.9. The third-order valence-electron chi connectivity index (χ3n) is 4.76. The number of hydrogen-bond acceptors (Lipinski definition) is 3. The molecule has 0 radical (unpaired) electrons. The van der Waals surface area contributed by atoms with Gasteiger partial charge in [-0.25, -0.2) is 0 Å². The Morgan fingerprint density at radius 3 is 3.20 bits per heavy atom. The van der Waals surface area contributed by atoms with E-state index in [0.29, 0.717) is 0 Å². The van der Waals surface area contributed by atoms with Gasteiger partial charge < -0.3 is 10.6 Å². The standard InChI is InChI=1S/C17H27N3/c1-2-20-11-5-9-16(20)13-18-12-15-7-3-6-14-8-4-10-19-17(14)15/h3,6-7,16,18-19H,2,4-5,8-13H2,1H3. The summed E-state index contributed by atoms with van der Waals surface area (Å²) < 4.78 is 0. The molecule has 0 amide bonds. The maximum absolute atomic E-state index is 3.68. The molecule has 2 aliphatic heterocycles. The summed E-state index contributed by atoms with van der Waals surface area (Å²) in [7, 11) is 0. The van der Waals surface area contributed by atoms with Crippen molar-refractivity contribution in [2.75, 3.05) is 31.5 Å². The molecule has 1 aromatic rings. The lowest BCUT2D eigenvalue weighted by atomic mass is 9.99. The zero-order chi connectivity index (χ0) is 13.8. The van der Waals surface area contributed by atoms with E-state index in [-0.39, 0.29) is 0 Å². The molecule has 0 spiro atoms. The Labute approximate surface area is 122 Å². The summed E-state index contributed by atoms with van der Waals surface area (Å²) >= 11 is 0. The Bertz CT molecular complexity index is 444. The van der Waals surface area contributed by atoms with Crippen molar-refractivity contribution < 1.29 is 0 Å². The molecule has 1 aromatic carbocycles. The highest BCUT2D eigenvalue weighted by molar-refractivity contribution is 5.59. The fourth-order valence-corrected chi connectivity index (χ4v) is 3.64. The number of rotatable bonds is 5. The van der Waals surface area contributed by atoms with E-state index in [4.69, 9.17) is 0 Å². The second kappa shape index (κ2) is 6.59. The first-order valence-electron chi connectivity index (χ1n) is 8.18. The number of nitrogens with one attached hydrogen (secondary N) is 2. The van der Waals surface area contributed by atoms with Crippen molar-refractivity contribution in [1.82, 2.24) is 10.2 Å². The average molecular weight is 273 g/mol. The Hall–Kier alpha value is -1.06. The summed E-state index contributed by atoms with van der Waals surface area (Å²) in [5.41, 5.74) is 4.32. The van der Waals surface area contributed by atoms with E-state index in [9.17, 15) is 0 Å². The minimum absolute atomic E-state index is 0.743. The van der Waals surface area contributed by atoms with Gasteiger partial charge >= 0.3 is 0 Å². The number of aryl methyl sites for hydroxylation is 1. The van der Waals surface area contributed by atoms with Crippen molar-refractivity contribution >= 4 is 5.69 Å². The van der Waals surface area contributed by atoms with Crippen LogP contribution in [0.2, 0.25) is 0 Å². The van der Waals surface area contributed by atoms with Gasteiger partial charge in [0, 0.05) is 31.4 Å². The summed E-state index contributed by atoms with van der Waals surface area (Å²) in [4.78, 5) is 2.60. The molecular formula is C17H27N3. The fourth-order valence-electron chi connectivity index (χ4n) is 3.64. The van der Waals surface area contributed by atoms with Crippen LogP contribution in [0.3, 0.4) is 0 Å². The van der Waals surface area contributed by atoms with Crippen LogP contribution < -0.4 is 10.6 Å². The van der Waals surface area contributed by atoms with Crippen molar-refractivity contribution in [3.05, 3.63) is 29.3 Å². The van der Waals surface area contributed by atoms with E-state index in [1.54, 1.807) is 0 Å². The molecule has 2 aliphatic rings. The number of fused-ring (bicyclic) bond motifs is 1. The number of nitrogens with zero attached hydrogens (tertiary/aromatic N) is 1. The number of likely N-dealkylation sites (tertiary alicyclic amines) is 1. The zero-order valence-corrected chi connectivity index (χ0v) is 12.6. The van der Waals surface area contributed by atoms with Gasteiger partial charge in [-0.05, 0) is 49.9 Å². The van der Waals surface area contributed by atoms with Crippen LogP contribution in [0.25, 0.3) is 0 Å². The average Bonchev–Trinajstić information content (AvgIpc) is 2.95. The zero-order valence-electron chi connectivity index (χ0n) is 12.6. The van der Waals surface area contributed by atoms with Crippen LogP contribution in [0.1, 0.15) is 37.3 Å². The van der Waals surface area contributed by atoms with Gasteiger partial charge in [-0.2, -0.15) is 0 Å². The predicted octanol–water partition coefficient (Wildman–Crippen LogP) is 2.62. The molecule has 1 unspecified atom stereocenters. The largest absolute Gasteiger partial charge is 0.385 e. The maximum atomic E-state index is 3.68. The molecule has 20 heavy (non-hydrogen) atoms. The lowest BCUT2D eigenvalue weighted by molar-refractivity contribution is 0.260. The van der Waals surface area contributed by atoms with E-state index in [1.165, 1.54) is 55.6 Å². The highest BCUT2D eigenvalue weighted by atomic mass is 15.2. The molecular weight excluding hydrogens is 246 g/mol. The van der Waals surface area contributed by atoms with E-state index >= 15 is 0 Å². The van der Waals surface area contributed by atoms with Gasteiger partial charge in [0.15, 0.2) is 0 Å². The highest BCUT2D eigenvalue weighted by Crippen LogP contribution is 2.26. The topological polar surface area (TPSA) is 27.3 Å². The smallest absolute Gasteiger partial charge is 0.0418 e. The fraction of sp³-hybridized carbons (Fsp3) is 0.647. The van der Waals surface area contributed by atoms with Gasteiger partial charge in [-0.1, -0.05) is 25.1 Å². The molecule has 1 fully saturated rings. The quantitative estimate of drug-likeness (QED) is 0.863. The molecule has 3 nitrogen and oxygen atoms in total. The van der Waals surface area contributed by atoms with Crippen LogP contribution in [0, 0.1) is 0 Å². The third-order valence-corrected chi connectivity index (χ3v) is 4.76. The van der Waals surface area contributed by atoms with Gasteiger partial charge in [0.2, 0.25) is 0 Å². The predicted molar refractivity (Wildman–Crippen MR) is 85.2 cm³/mol. The number of likely N-dealkylation sites (N-methyl/N-ethyl adjacent to an activating group) is 1. The number of para-hydroxylation sites is 1. The van der Waals surface area contributed by atoms with Crippen LogP contribution in [0.15, 0.2) is 18.2 Å². The van der Waals surface area contributed by atoms with E-state index in [0.717, 1.165) is 25.7 Å². The summed E-state index contributed by atoms with van der Waals surface area (Å²) in [6, 6.07) is 7.47. The van der Waals surface area contributed by atoms with Crippen molar-refractivity contribution in [2.24, 2.45) is 0 Å². The Balaban J connectivity index is 1.56. The summed E-state index contributed by atoms with van der Waals surface area (Å²) in [5.74, 6) is 0. The van der Waals surface area contributed by atoms with Crippen LogP contribution in [0.4, 0.5) is 5.69 Å². The van der Waals surface area contributed by atoms with Crippen LogP contribution in [-0.4, -0.2) is 37.1 Å². The van der Waals surface area contributed by atoms with Crippen LogP contribution >= 0.6 is 0 Å². The lowest BCUT2D eigenvalue weighted by Crippen LogP contribution is -2.37. The van der Waals surface area contributed by atoms with Crippen molar-refractivity contribution in [3.63, 3.8) is 0 Å². The van der Waals surface area contributed by atoms with Gasteiger partial charge in [0.05, 0.1) is 0 Å². The normalized spacial score (nSPS) is 22.6. The van der Waals surface area contributed by atoms with Crippen molar-refractivity contribution in [2.45, 2.75) is 45.2 Å². The summed E-state index contributed by atoms with van der Waals surface area (Å²) in [6.45, 7) is 7.98. The molecule has 1 saturated heterocycles. The third kappa shape index (κ3) is 2.99. The molecule has 0 saturated carbocycles. The molecule has 3 heteroatoms. The molecule has 3 rings (SSSR count). The number of benzene rings is 1. The van der Waals surface area contributed by atoms with Gasteiger partial charge in [0.1, 0.15) is 0 Å². The van der Waals surface area contributed by atoms with Gasteiger partial charge in [-0.15, -0.1) is 0 Å².